The van der Waals surface area contributed by atoms with Crippen molar-refractivity contribution in [3.63, 3.8) is 0 Å². The maximum Gasteiger partial charge on any atom is 0.508 e. The van der Waals surface area contributed by atoms with Gasteiger partial charge in [0.15, 0.2) is 0 Å². The zero-order valence-electron chi connectivity index (χ0n) is 17.4. The van der Waals surface area contributed by atoms with E-state index in [0.717, 1.165) is 6.42 Å². The predicted molar refractivity (Wildman–Crippen MR) is 97.5 cm³/mol. The fourth-order valence-corrected chi connectivity index (χ4v) is 2.21. The number of esters is 1. The number of ether oxygens (including phenoxy) is 3. The molecule has 0 aliphatic heterocycles. The van der Waals surface area contributed by atoms with Crippen LogP contribution in [0.3, 0.4) is 0 Å². The summed E-state index contributed by atoms with van der Waals surface area (Å²) in [5, 5.41) is 0. The van der Waals surface area contributed by atoms with E-state index in [2.05, 4.69) is 27.4 Å². The quantitative estimate of drug-likeness (QED) is 0.186. The first-order valence-electron chi connectivity index (χ1n) is 8.63. The molecule has 0 radical (unpaired) electrons. The van der Waals surface area contributed by atoms with Crippen molar-refractivity contribution < 1.29 is 33.6 Å². The molecule has 0 spiro atoms. The van der Waals surface area contributed by atoms with E-state index in [1.807, 2.05) is 13.8 Å². The van der Waals surface area contributed by atoms with Crippen LogP contribution < -0.4 is 0 Å². The molecule has 0 heterocycles. The fraction of sp³-hybridized carbons (Fsp3) is 0.789. The van der Waals surface area contributed by atoms with E-state index in [-0.39, 0.29) is 30.8 Å². The van der Waals surface area contributed by atoms with Crippen molar-refractivity contribution in [1.29, 1.82) is 0 Å². The number of carbonyl (C=O) groups is 2. The lowest BCUT2D eigenvalue weighted by molar-refractivity contribution is -0.407. The minimum Gasteiger partial charge on any atom is -0.459 e. The third kappa shape index (κ3) is 12.7. The Balaban J connectivity index is 4.13. The first-order chi connectivity index (χ1) is 11.6. The van der Waals surface area contributed by atoms with Crippen LogP contribution in [0.2, 0.25) is 0 Å². The van der Waals surface area contributed by atoms with Crippen molar-refractivity contribution in [3.05, 3.63) is 12.2 Å². The molecule has 7 nitrogen and oxygen atoms in total. The molecule has 0 N–H and O–H groups in total. The normalized spacial score (nSPS) is 12.5. The van der Waals surface area contributed by atoms with E-state index in [1.54, 1.807) is 13.8 Å². The third-order valence-corrected chi connectivity index (χ3v) is 2.87. The van der Waals surface area contributed by atoms with Gasteiger partial charge in [-0.05, 0) is 46.5 Å². The van der Waals surface area contributed by atoms with Gasteiger partial charge in [0.25, 0.3) is 0 Å². The molecule has 0 aromatic rings. The fourth-order valence-electron chi connectivity index (χ4n) is 2.21. The van der Waals surface area contributed by atoms with Crippen LogP contribution >= 0.6 is 0 Å². The third-order valence-electron chi connectivity index (χ3n) is 2.87. The molecule has 0 aliphatic carbocycles. The van der Waals surface area contributed by atoms with Crippen molar-refractivity contribution in [2.45, 2.75) is 73.0 Å². The molecule has 0 amide bonds. The molecule has 26 heavy (non-hydrogen) atoms. The Hall–Kier alpha value is -1.60. The van der Waals surface area contributed by atoms with Crippen molar-refractivity contribution in [2.24, 2.45) is 5.41 Å². The standard InChI is InChI=1S/C19H34O7/c1-14(2)15(20)22-10-11-23-16(21)24-13-19(8,9)26-25-18(6,7)12-17(3,4)5/h1,10-13H2,2-9H3. The molecular formula is C19H34O7. The first kappa shape index (κ1) is 24.4. The molecule has 0 saturated heterocycles. The van der Waals surface area contributed by atoms with Gasteiger partial charge in [0, 0.05) is 5.57 Å². The van der Waals surface area contributed by atoms with E-state index in [1.165, 1.54) is 6.92 Å². The van der Waals surface area contributed by atoms with Gasteiger partial charge >= 0.3 is 12.1 Å². The first-order valence-corrected chi connectivity index (χ1v) is 8.63. The molecule has 7 heteroatoms. The Kier molecular flexibility index (Phi) is 9.31. The van der Waals surface area contributed by atoms with E-state index in [0.29, 0.717) is 0 Å². The van der Waals surface area contributed by atoms with Crippen LogP contribution in [0.4, 0.5) is 4.79 Å². The van der Waals surface area contributed by atoms with Crippen LogP contribution in [0, 0.1) is 5.41 Å². The summed E-state index contributed by atoms with van der Waals surface area (Å²) >= 11 is 0. The second kappa shape index (κ2) is 9.92. The molecule has 0 saturated carbocycles. The van der Waals surface area contributed by atoms with Crippen LogP contribution in [0.25, 0.3) is 0 Å². The van der Waals surface area contributed by atoms with Crippen molar-refractivity contribution in [3.8, 4) is 0 Å². The summed E-state index contributed by atoms with van der Waals surface area (Å²) in [5.41, 5.74) is -0.963. The Morgan fingerprint density at radius 3 is 1.81 bits per heavy atom. The molecule has 0 unspecified atom stereocenters. The number of hydrogen-bond acceptors (Lipinski definition) is 7. The summed E-state index contributed by atoms with van der Waals surface area (Å²) in [7, 11) is 0. The van der Waals surface area contributed by atoms with Crippen LogP contribution in [0.15, 0.2) is 12.2 Å². The van der Waals surface area contributed by atoms with E-state index in [4.69, 9.17) is 24.0 Å². The van der Waals surface area contributed by atoms with E-state index < -0.39 is 23.3 Å². The van der Waals surface area contributed by atoms with Crippen LogP contribution in [-0.4, -0.2) is 43.1 Å². The van der Waals surface area contributed by atoms with Crippen molar-refractivity contribution in [2.75, 3.05) is 19.8 Å². The van der Waals surface area contributed by atoms with Gasteiger partial charge in [-0.25, -0.2) is 19.4 Å². The summed E-state index contributed by atoms with van der Waals surface area (Å²) < 4.78 is 14.6. The number of hydrogen-bond donors (Lipinski definition) is 0. The smallest absolute Gasteiger partial charge is 0.459 e. The molecule has 0 fully saturated rings. The van der Waals surface area contributed by atoms with Gasteiger partial charge in [-0.1, -0.05) is 27.4 Å². The van der Waals surface area contributed by atoms with Gasteiger partial charge in [-0.15, -0.1) is 0 Å². The molecule has 0 aromatic heterocycles. The summed E-state index contributed by atoms with van der Waals surface area (Å²) in [6, 6.07) is 0. The summed E-state index contributed by atoms with van der Waals surface area (Å²) in [4.78, 5) is 33.7. The Morgan fingerprint density at radius 2 is 1.31 bits per heavy atom. The molecular weight excluding hydrogens is 340 g/mol. The summed E-state index contributed by atoms with van der Waals surface area (Å²) in [6.07, 6.45) is -0.0796. The van der Waals surface area contributed by atoms with Crippen LogP contribution in [0.5, 0.6) is 0 Å². The van der Waals surface area contributed by atoms with Crippen molar-refractivity contribution >= 4 is 12.1 Å². The zero-order valence-corrected chi connectivity index (χ0v) is 17.4. The molecule has 0 aliphatic rings. The SMILES string of the molecule is C=C(C)C(=O)OCCOC(=O)OCC(C)(C)OOC(C)(C)CC(C)(C)C. The highest BCUT2D eigenvalue weighted by Gasteiger charge is 2.31. The Morgan fingerprint density at radius 1 is 0.808 bits per heavy atom. The second-order valence-corrected chi connectivity index (χ2v) is 8.73. The summed E-state index contributed by atoms with van der Waals surface area (Å²) in [5.74, 6) is -0.536. The van der Waals surface area contributed by atoms with Gasteiger partial charge < -0.3 is 14.2 Å². The van der Waals surface area contributed by atoms with Gasteiger partial charge in [-0.3, -0.25) is 0 Å². The largest absolute Gasteiger partial charge is 0.508 e. The highest BCUT2D eigenvalue weighted by molar-refractivity contribution is 5.86. The van der Waals surface area contributed by atoms with Gasteiger partial charge in [-0.2, -0.15) is 0 Å². The zero-order chi connectivity index (χ0) is 20.6. The summed E-state index contributed by atoms with van der Waals surface area (Å²) in [6.45, 7) is 18.5. The van der Waals surface area contributed by atoms with Gasteiger partial charge in [0.2, 0.25) is 0 Å². The average Bonchev–Trinajstić information content (AvgIpc) is 2.45. The average molecular weight is 374 g/mol. The van der Waals surface area contributed by atoms with Crippen LogP contribution in [0.1, 0.15) is 61.8 Å². The molecule has 0 rings (SSSR count). The van der Waals surface area contributed by atoms with Gasteiger partial charge in [0.05, 0.1) is 5.60 Å². The number of rotatable bonds is 10. The molecule has 0 aromatic carbocycles. The second-order valence-electron chi connectivity index (χ2n) is 8.73. The minimum atomic E-state index is -0.873. The molecule has 0 bridgehead atoms. The lowest BCUT2D eigenvalue weighted by Crippen LogP contribution is -2.38. The molecule has 0 atom stereocenters. The maximum absolute atomic E-state index is 11.6. The van der Waals surface area contributed by atoms with E-state index >= 15 is 0 Å². The number of carbonyl (C=O) groups excluding carboxylic acids is 2. The Bertz CT molecular complexity index is 487. The lowest BCUT2D eigenvalue weighted by atomic mass is 9.84. The minimum absolute atomic E-state index is 0.0526. The van der Waals surface area contributed by atoms with Gasteiger partial charge in [0.1, 0.15) is 25.4 Å². The highest BCUT2D eigenvalue weighted by Crippen LogP contribution is 2.30. The maximum atomic E-state index is 11.6. The monoisotopic (exact) mass is 374 g/mol. The van der Waals surface area contributed by atoms with Crippen LogP contribution in [-0.2, 0) is 28.8 Å². The highest BCUT2D eigenvalue weighted by atomic mass is 17.2. The van der Waals surface area contributed by atoms with E-state index in [9.17, 15) is 9.59 Å². The topological polar surface area (TPSA) is 80.3 Å². The predicted octanol–water partition coefficient (Wildman–Crippen LogP) is 4.20. The lowest BCUT2D eigenvalue weighted by Gasteiger charge is -2.34. The molecule has 152 valence electrons. The van der Waals surface area contributed by atoms with Crippen molar-refractivity contribution in [1.82, 2.24) is 0 Å². The Labute approximate surface area is 156 Å².